The first-order chi connectivity index (χ1) is 8.74. The van der Waals surface area contributed by atoms with E-state index >= 15 is 0 Å². The molecule has 0 heterocycles. The van der Waals surface area contributed by atoms with Crippen LogP contribution in [0.3, 0.4) is 0 Å². The summed E-state index contributed by atoms with van der Waals surface area (Å²) in [4.78, 5) is 11.9. The van der Waals surface area contributed by atoms with E-state index in [1.54, 1.807) is 0 Å². The molecule has 0 saturated heterocycles. The Morgan fingerprint density at radius 3 is 2.72 bits per heavy atom. The second-order valence-corrected chi connectivity index (χ2v) is 4.89. The Kier molecular flexibility index (Phi) is 2.76. The molecule has 1 saturated carbocycles. The number of hydrogen-bond acceptors (Lipinski definition) is 2. The molecule has 1 amide bonds. The highest BCUT2D eigenvalue weighted by atomic mass is 16.1. The van der Waals surface area contributed by atoms with Crippen molar-refractivity contribution >= 4 is 16.7 Å². The Morgan fingerprint density at radius 2 is 1.94 bits per heavy atom. The van der Waals surface area contributed by atoms with Crippen molar-refractivity contribution in [2.45, 2.75) is 24.9 Å². The van der Waals surface area contributed by atoms with Gasteiger partial charge in [0.1, 0.15) is 0 Å². The highest BCUT2D eigenvalue weighted by molar-refractivity contribution is 5.90. The van der Waals surface area contributed by atoms with Crippen LogP contribution in [0.1, 0.15) is 12.0 Å². The molecule has 3 N–H and O–H groups in total. The largest absolute Gasteiger partial charge is 0.351 e. The highest BCUT2D eigenvalue weighted by Gasteiger charge is 2.34. The van der Waals surface area contributed by atoms with Gasteiger partial charge in [-0.3, -0.25) is 4.79 Å². The number of carbonyl (C=O) groups is 1. The van der Waals surface area contributed by atoms with Gasteiger partial charge in [0.25, 0.3) is 0 Å². The minimum Gasteiger partial charge on any atom is -0.351 e. The monoisotopic (exact) mass is 240 g/mol. The van der Waals surface area contributed by atoms with Crippen LogP contribution in [0, 0.1) is 0 Å². The number of hydrogen-bond donors (Lipinski definition) is 2. The molecule has 0 radical (unpaired) electrons. The summed E-state index contributed by atoms with van der Waals surface area (Å²) < 4.78 is 0. The maximum atomic E-state index is 11.9. The van der Waals surface area contributed by atoms with E-state index in [2.05, 4.69) is 23.5 Å². The quantitative estimate of drug-likeness (QED) is 0.856. The van der Waals surface area contributed by atoms with E-state index in [4.69, 9.17) is 5.73 Å². The minimum absolute atomic E-state index is 0.0595. The minimum atomic E-state index is 0.0595. The van der Waals surface area contributed by atoms with Gasteiger partial charge < -0.3 is 11.1 Å². The summed E-state index contributed by atoms with van der Waals surface area (Å²) in [6.07, 6.45) is 1.33. The summed E-state index contributed by atoms with van der Waals surface area (Å²) in [5.74, 6) is 0.0595. The van der Waals surface area contributed by atoms with Crippen molar-refractivity contribution in [3.8, 4) is 0 Å². The lowest BCUT2D eigenvalue weighted by molar-refractivity contribution is -0.120. The first-order valence-electron chi connectivity index (χ1n) is 6.25. The smallest absolute Gasteiger partial charge is 0.224 e. The van der Waals surface area contributed by atoms with Gasteiger partial charge in [-0.05, 0) is 22.8 Å². The molecule has 3 nitrogen and oxygen atoms in total. The Bertz CT molecular complexity index is 589. The van der Waals surface area contributed by atoms with Crippen LogP contribution in [-0.2, 0) is 11.2 Å². The normalized spacial score (nSPS) is 21.8. The number of nitrogens with two attached hydrogens (primary N) is 1. The van der Waals surface area contributed by atoms with Gasteiger partial charge in [0.2, 0.25) is 5.91 Å². The van der Waals surface area contributed by atoms with Gasteiger partial charge in [0.05, 0.1) is 6.42 Å². The van der Waals surface area contributed by atoms with E-state index in [9.17, 15) is 4.79 Å². The number of amides is 1. The zero-order valence-corrected chi connectivity index (χ0v) is 10.1. The molecule has 1 aliphatic rings. The van der Waals surface area contributed by atoms with Crippen molar-refractivity contribution in [1.82, 2.24) is 5.32 Å². The third-order valence-electron chi connectivity index (χ3n) is 3.42. The molecule has 3 rings (SSSR count). The maximum absolute atomic E-state index is 11.9. The first-order valence-corrected chi connectivity index (χ1v) is 6.25. The Morgan fingerprint density at radius 1 is 1.22 bits per heavy atom. The van der Waals surface area contributed by atoms with Crippen LogP contribution in [0.2, 0.25) is 0 Å². The fourth-order valence-electron chi connectivity index (χ4n) is 2.26. The molecule has 0 aliphatic heterocycles. The van der Waals surface area contributed by atoms with Crippen molar-refractivity contribution in [3.63, 3.8) is 0 Å². The van der Waals surface area contributed by atoms with Gasteiger partial charge >= 0.3 is 0 Å². The molecule has 18 heavy (non-hydrogen) atoms. The molecule has 2 aromatic rings. The van der Waals surface area contributed by atoms with Crippen LogP contribution in [-0.4, -0.2) is 18.0 Å². The summed E-state index contributed by atoms with van der Waals surface area (Å²) in [5, 5.41) is 5.27. The van der Waals surface area contributed by atoms with E-state index in [1.807, 2.05) is 24.3 Å². The molecule has 0 spiro atoms. The summed E-state index contributed by atoms with van der Waals surface area (Å²) in [5.41, 5.74) is 6.75. The van der Waals surface area contributed by atoms with Gasteiger partial charge in [-0.15, -0.1) is 0 Å². The molecule has 92 valence electrons. The molecular formula is C15H16N2O. The SMILES string of the molecule is NC1CC1NC(=O)Cc1cccc2ccccc12. The van der Waals surface area contributed by atoms with E-state index in [1.165, 1.54) is 5.39 Å². The molecule has 1 aliphatic carbocycles. The fraction of sp³-hybridized carbons (Fsp3) is 0.267. The molecule has 1 fully saturated rings. The second-order valence-electron chi connectivity index (χ2n) is 4.89. The number of benzene rings is 2. The topological polar surface area (TPSA) is 55.1 Å². The average Bonchev–Trinajstić information content (AvgIpc) is 3.05. The van der Waals surface area contributed by atoms with E-state index in [0.717, 1.165) is 17.4 Å². The Hall–Kier alpha value is -1.87. The number of rotatable bonds is 3. The lowest BCUT2D eigenvalue weighted by Gasteiger charge is -2.07. The number of nitrogens with one attached hydrogen (secondary N) is 1. The van der Waals surface area contributed by atoms with Gasteiger partial charge in [0, 0.05) is 12.1 Å². The summed E-state index contributed by atoms with van der Waals surface area (Å²) in [6.45, 7) is 0. The van der Waals surface area contributed by atoms with Crippen LogP contribution < -0.4 is 11.1 Å². The van der Waals surface area contributed by atoms with Gasteiger partial charge in [-0.2, -0.15) is 0 Å². The van der Waals surface area contributed by atoms with Crippen LogP contribution in [0.4, 0.5) is 0 Å². The molecule has 2 aromatic carbocycles. The zero-order chi connectivity index (χ0) is 12.5. The van der Waals surface area contributed by atoms with Crippen molar-refractivity contribution < 1.29 is 4.79 Å². The lowest BCUT2D eigenvalue weighted by Crippen LogP contribution is -2.30. The molecule has 2 unspecified atom stereocenters. The third-order valence-corrected chi connectivity index (χ3v) is 3.42. The summed E-state index contributed by atoms with van der Waals surface area (Å²) in [7, 11) is 0. The van der Waals surface area contributed by atoms with Gasteiger partial charge in [0.15, 0.2) is 0 Å². The highest BCUT2D eigenvalue weighted by Crippen LogP contribution is 2.20. The third kappa shape index (κ3) is 2.22. The van der Waals surface area contributed by atoms with Crippen LogP contribution in [0.25, 0.3) is 10.8 Å². The van der Waals surface area contributed by atoms with Crippen molar-refractivity contribution in [2.24, 2.45) is 5.73 Å². The predicted octanol–water partition coefficient (Wildman–Crippen LogP) is 1.60. The predicted molar refractivity (Wildman–Crippen MR) is 72.2 cm³/mol. The Labute approximate surface area is 106 Å². The number of carbonyl (C=O) groups excluding carboxylic acids is 1. The fourth-order valence-corrected chi connectivity index (χ4v) is 2.26. The van der Waals surface area contributed by atoms with Crippen LogP contribution in [0.5, 0.6) is 0 Å². The lowest BCUT2D eigenvalue weighted by atomic mass is 10.0. The first kappa shape index (κ1) is 11.2. The zero-order valence-electron chi connectivity index (χ0n) is 10.1. The van der Waals surface area contributed by atoms with Crippen molar-refractivity contribution in [2.75, 3.05) is 0 Å². The van der Waals surface area contributed by atoms with E-state index in [0.29, 0.717) is 6.42 Å². The Balaban J connectivity index is 1.79. The van der Waals surface area contributed by atoms with Crippen LogP contribution in [0.15, 0.2) is 42.5 Å². The van der Waals surface area contributed by atoms with Crippen molar-refractivity contribution in [1.29, 1.82) is 0 Å². The molecule has 0 aromatic heterocycles. The second kappa shape index (κ2) is 4.42. The van der Waals surface area contributed by atoms with Gasteiger partial charge in [-0.1, -0.05) is 42.5 Å². The van der Waals surface area contributed by atoms with E-state index in [-0.39, 0.29) is 18.0 Å². The van der Waals surface area contributed by atoms with Crippen molar-refractivity contribution in [3.05, 3.63) is 48.0 Å². The average molecular weight is 240 g/mol. The summed E-state index contributed by atoms with van der Waals surface area (Å²) in [6, 6.07) is 14.5. The van der Waals surface area contributed by atoms with Gasteiger partial charge in [-0.25, -0.2) is 0 Å². The maximum Gasteiger partial charge on any atom is 0.224 e. The van der Waals surface area contributed by atoms with E-state index < -0.39 is 0 Å². The standard InChI is InChI=1S/C15H16N2O/c16-13-9-14(13)17-15(18)8-11-6-3-5-10-4-1-2-7-12(10)11/h1-7,13-14H,8-9,16H2,(H,17,18). The molecule has 2 atom stereocenters. The number of fused-ring (bicyclic) bond motifs is 1. The van der Waals surface area contributed by atoms with Crippen LogP contribution >= 0.6 is 0 Å². The molecule has 3 heteroatoms. The molecular weight excluding hydrogens is 224 g/mol. The summed E-state index contributed by atoms with van der Waals surface area (Å²) >= 11 is 0. The molecule has 0 bridgehead atoms.